The van der Waals surface area contributed by atoms with Crippen molar-refractivity contribution in [3.63, 3.8) is 0 Å². The number of thiophene rings is 1. The van der Waals surface area contributed by atoms with Crippen LogP contribution in [-0.2, 0) is 0 Å². The average Bonchev–Trinajstić information content (AvgIpc) is 3.19. The van der Waals surface area contributed by atoms with Crippen molar-refractivity contribution in [2.45, 2.75) is 18.9 Å². The van der Waals surface area contributed by atoms with Crippen LogP contribution in [0, 0.1) is 0 Å². The van der Waals surface area contributed by atoms with Gasteiger partial charge in [-0.3, -0.25) is 10.2 Å². The Bertz CT molecular complexity index is 647. The third-order valence-electron chi connectivity index (χ3n) is 3.52. The fraction of sp³-hybridized carbons (Fsp3) is 0.429. The van der Waals surface area contributed by atoms with E-state index in [-0.39, 0.29) is 12.6 Å². The summed E-state index contributed by atoms with van der Waals surface area (Å²) in [6.07, 6.45) is -1.70. The number of carbonyl (C=O) groups is 1. The molecule has 2 aromatic heterocycles. The number of nitrogens with zero attached hydrogens (tertiary/aromatic N) is 2. The van der Waals surface area contributed by atoms with Crippen molar-refractivity contribution in [1.82, 2.24) is 15.4 Å². The van der Waals surface area contributed by atoms with E-state index >= 15 is 0 Å². The minimum absolute atomic E-state index is 0.141. The summed E-state index contributed by atoms with van der Waals surface area (Å²) >= 11 is 1.51. The number of hydrogen-bond donors (Lipinski definition) is 2. The van der Waals surface area contributed by atoms with Crippen molar-refractivity contribution in [2.24, 2.45) is 0 Å². The molecule has 0 spiro atoms. The zero-order valence-electron chi connectivity index (χ0n) is 12.2. The normalized spacial score (nSPS) is 18.5. The van der Waals surface area contributed by atoms with Gasteiger partial charge in [0.2, 0.25) is 0 Å². The standard InChI is InChI=1S/C14H16F2N4O2S/c15-12(16)8-20-4-3-9(7-20)17-14(21)18-13-6-10(22-19-13)11-2-1-5-23-11/h1-2,5-6,9,12H,3-4,7-8H2,(H2,17,18,19,21). The monoisotopic (exact) mass is 342 g/mol. The van der Waals surface area contributed by atoms with Gasteiger partial charge in [0, 0.05) is 25.2 Å². The van der Waals surface area contributed by atoms with E-state index in [1.165, 1.54) is 11.3 Å². The van der Waals surface area contributed by atoms with E-state index in [2.05, 4.69) is 15.8 Å². The lowest BCUT2D eigenvalue weighted by molar-refractivity contribution is 0.0988. The smallest absolute Gasteiger partial charge is 0.320 e. The number of carbonyl (C=O) groups excluding carboxylic acids is 1. The second-order valence-corrected chi connectivity index (χ2v) is 6.24. The molecular formula is C14H16F2N4O2S. The van der Waals surface area contributed by atoms with Gasteiger partial charge in [-0.15, -0.1) is 11.3 Å². The predicted octanol–water partition coefficient (Wildman–Crippen LogP) is 2.86. The van der Waals surface area contributed by atoms with Crippen LogP contribution in [0.4, 0.5) is 19.4 Å². The molecule has 1 aliphatic rings. The zero-order chi connectivity index (χ0) is 16.2. The number of aromatic nitrogens is 1. The summed E-state index contributed by atoms with van der Waals surface area (Å²) in [5.74, 6) is 0.896. The zero-order valence-corrected chi connectivity index (χ0v) is 13.0. The minimum Gasteiger partial charge on any atom is -0.353 e. The topological polar surface area (TPSA) is 70.4 Å². The van der Waals surface area contributed by atoms with Crippen molar-refractivity contribution in [1.29, 1.82) is 0 Å². The largest absolute Gasteiger partial charge is 0.353 e. The highest BCUT2D eigenvalue weighted by Gasteiger charge is 2.25. The fourth-order valence-electron chi connectivity index (χ4n) is 2.52. The van der Waals surface area contributed by atoms with Crippen LogP contribution < -0.4 is 10.6 Å². The summed E-state index contributed by atoms with van der Waals surface area (Å²) in [6.45, 7) is 0.728. The van der Waals surface area contributed by atoms with E-state index in [1.54, 1.807) is 11.0 Å². The number of rotatable bonds is 5. The summed E-state index contributed by atoms with van der Waals surface area (Å²) in [6, 6.07) is 4.87. The maximum atomic E-state index is 12.3. The number of urea groups is 1. The summed E-state index contributed by atoms with van der Waals surface area (Å²) in [5.41, 5.74) is 0. The summed E-state index contributed by atoms with van der Waals surface area (Å²) in [7, 11) is 0. The number of hydrogen-bond acceptors (Lipinski definition) is 5. The second kappa shape index (κ2) is 7.05. The first kappa shape index (κ1) is 15.9. The first-order valence-electron chi connectivity index (χ1n) is 7.19. The van der Waals surface area contributed by atoms with Gasteiger partial charge in [0.1, 0.15) is 0 Å². The Kier molecular flexibility index (Phi) is 4.87. The van der Waals surface area contributed by atoms with Gasteiger partial charge in [0.15, 0.2) is 11.6 Å². The Morgan fingerprint density at radius 3 is 3.17 bits per heavy atom. The van der Waals surface area contributed by atoms with Crippen molar-refractivity contribution in [3.05, 3.63) is 23.6 Å². The molecular weight excluding hydrogens is 326 g/mol. The van der Waals surface area contributed by atoms with E-state index in [1.807, 2.05) is 17.5 Å². The molecule has 0 saturated carbocycles. The Morgan fingerprint density at radius 2 is 2.43 bits per heavy atom. The Labute approximate surface area is 135 Å². The first-order chi connectivity index (χ1) is 11.1. The number of halogens is 2. The molecule has 0 radical (unpaired) electrons. The van der Waals surface area contributed by atoms with Crippen LogP contribution in [0.2, 0.25) is 0 Å². The molecule has 0 bridgehead atoms. The molecule has 1 fully saturated rings. The molecule has 1 atom stereocenters. The molecule has 3 heterocycles. The molecule has 1 aliphatic heterocycles. The first-order valence-corrected chi connectivity index (χ1v) is 8.07. The van der Waals surface area contributed by atoms with Crippen LogP contribution >= 0.6 is 11.3 Å². The molecule has 2 N–H and O–H groups in total. The highest BCUT2D eigenvalue weighted by Crippen LogP contribution is 2.26. The van der Waals surface area contributed by atoms with Gasteiger partial charge in [-0.2, -0.15) is 0 Å². The van der Waals surface area contributed by atoms with Crippen LogP contribution in [0.1, 0.15) is 6.42 Å². The summed E-state index contributed by atoms with van der Waals surface area (Å²) in [4.78, 5) is 14.5. The van der Waals surface area contributed by atoms with Crippen LogP contribution in [0.15, 0.2) is 28.1 Å². The van der Waals surface area contributed by atoms with Crippen molar-refractivity contribution in [3.8, 4) is 10.6 Å². The van der Waals surface area contributed by atoms with E-state index in [9.17, 15) is 13.6 Å². The molecule has 124 valence electrons. The molecule has 0 aliphatic carbocycles. The third-order valence-corrected chi connectivity index (χ3v) is 4.40. The number of amides is 2. The average molecular weight is 342 g/mol. The molecule has 9 heteroatoms. The predicted molar refractivity (Wildman–Crippen MR) is 82.8 cm³/mol. The van der Waals surface area contributed by atoms with Crippen LogP contribution in [-0.4, -0.2) is 48.2 Å². The van der Waals surface area contributed by atoms with E-state index < -0.39 is 12.5 Å². The number of likely N-dealkylation sites (tertiary alicyclic amines) is 1. The molecule has 6 nitrogen and oxygen atoms in total. The highest BCUT2D eigenvalue weighted by molar-refractivity contribution is 7.13. The Balaban J connectivity index is 1.48. The van der Waals surface area contributed by atoms with Crippen molar-refractivity contribution in [2.75, 3.05) is 25.0 Å². The molecule has 1 saturated heterocycles. The number of nitrogens with one attached hydrogen (secondary N) is 2. The lowest BCUT2D eigenvalue weighted by Gasteiger charge is -2.15. The Hall–Kier alpha value is -2.00. The quantitative estimate of drug-likeness (QED) is 0.877. The van der Waals surface area contributed by atoms with E-state index in [4.69, 9.17) is 4.52 Å². The summed E-state index contributed by atoms with van der Waals surface area (Å²) < 4.78 is 29.8. The summed E-state index contributed by atoms with van der Waals surface area (Å²) in [5, 5.41) is 11.1. The lowest BCUT2D eigenvalue weighted by atomic mass is 10.3. The Morgan fingerprint density at radius 1 is 1.57 bits per heavy atom. The molecule has 2 aromatic rings. The second-order valence-electron chi connectivity index (χ2n) is 5.29. The van der Waals surface area contributed by atoms with Gasteiger partial charge in [0.25, 0.3) is 6.43 Å². The van der Waals surface area contributed by atoms with Crippen molar-refractivity contribution >= 4 is 23.2 Å². The molecule has 0 aromatic carbocycles. The van der Waals surface area contributed by atoms with Crippen LogP contribution in [0.5, 0.6) is 0 Å². The van der Waals surface area contributed by atoms with E-state index in [0.29, 0.717) is 31.1 Å². The molecule has 2 amide bonds. The number of alkyl halides is 2. The highest BCUT2D eigenvalue weighted by atomic mass is 32.1. The van der Waals surface area contributed by atoms with Gasteiger partial charge in [-0.05, 0) is 17.9 Å². The molecule has 23 heavy (non-hydrogen) atoms. The van der Waals surface area contributed by atoms with Gasteiger partial charge >= 0.3 is 6.03 Å². The van der Waals surface area contributed by atoms with Crippen LogP contribution in [0.3, 0.4) is 0 Å². The lowest BCUT2D eigenvalue weighted by Crippen LogP contribution is -2.40. The minimum atomic E-state index is -2.35. The fourth-order valence-corrected chi connectivity index (χ4v) is 3.19. The molecule has 3 rings (SSSR count). The number of anilines is 1. The van der Waals surface area contributed by atoms with Gasteiger partial charge in [-0.1, -0.05) is 11.2 Å². The van der Waals surface area contributed by atoms with Gasteiger partial charge in [-0.25, -0.2) is 13.6 Å². The van der Waals surface area contributed by atoms with Gasteiger partial charge in [0.05, 0.1) is 11.4 Å². The van der Waals surface area contributed by atoms with Crippen molar-refractivity contribution < 1.29 is 18.1 Å². The maximum absolute atomic E-state index is 12.3. The maximum Gasteiger partial charge on any atom is 0.320 e. The van der Waals surface area contributed by atoms with Gasteiger partial charge < -0.3 is 9.84 Å². The third kappa shape index (κ3) is 4.26. The van der Waals surface area contributed by atoms with Crippen LogP contribution in [0.25, 0.3) is 10.6 Å². The molecule has 1 unspecified atom stereocenters. The van der Waals surface area contributed by atoms with E-state index in [0.717, 1.165) is 4.88 Å². The SMILES string of the molecule is O=C(Nc1cc(-c2cccs2)on1)NC1CCN(CC(F)F)C1.